The van der Waals surface area contributed by atoms with Gasteiger partial charge in [-0.3, -0.25) is 14.3 Å². The molecule has 4 aliphatic rings. The molecule has 2 saturated carbocycles. The van der Waals surface area contributed by atoms with Crippen molar-refractivity contribution in [1.29, 1.82) is 0 Å². The molecule has 9 heteroatoms. The Bertz CT molecular complexity index is 1620. The van der Waals surface area contributed by atoms with E-state index in [0.717, 1.165) is 37.2 Å². The van der Waals surface area contributed by atoms with Gasteiger partial charge >= 0.3 is 0 Å². The number of carbonyl (C=O) groups excluding carboxylic acids is 2. The highest BCUT2D eigenvalue weighted by molar-refractivity contribution is 7.95. The number of fused-ring (bicyclic) bond motifs is 7. The van der Waals surface area contributed by atoms with Gasteiger partial charge in [-0.05, 0) is 121 Å². The highest BCUT2D eigenvalue weighted by atomic mass is 32.2. The van der Waals surface area contributed by atoms with E-state index in [4.69, 9.17) is 4.74 Å². The predicted molar refractivity (Wildman–Crippen MR) is 193 cm³/mol. The summed E-state index contributed by atoms with van der Waals surface area (Å²) in [5, 5.41) is 1.23. The first-order chi connectivity index (χ1) is 22.6. The van der Waals surface area contributed by atoms with Crippen molar-refractivity contribution in [3.63, 3.8) is 0 Å². The van der Waals surface area contributed by atoms with Gasteiger partial charge in [0.2, 0.25) is 5.91 Å². The summed E-state index contributed by atoms with van der Waals surface area (Å²) >= 11 is 1.29. The van der Waals surface area contributed by atoms with E-state index in [0.29, 0.717) is 23.9 Å². The molecule has 2 aliphatic heterocycles. The number of nitrogens with one attached hydrogen (secondary N) is 1. The highest BCUT2D eigenvalue weighted by Gasteiger charge is 2.70. The van der Waals surface area contributed by atoms with Crippen molar-refractivity contribution in [3.8, 4) is 17.0 Å². The zero-order valence-electron chi connectivity index (χ0n) is 29.4. The van der Waals surface area contributed by atoms with Gasteiger partial charge in [-0.2, -0.15) is 0 Å². The first kappa shape index (κ1) is 33.9. The topological polar surface area (TPSA) is 70.0 Å². The fourth-order valence-electron chi connectivity index (χ4n) is 8.58. The fourth-order valence-corrected chi connectivity index (χ4v) is 8.96. The molecule has 1 saturated heterocycles. The Balaban J connectivity index is 0.000000915. The molecule has 7 rings (SSSR count). The van der Waals surface area contributed by atoms with E-state index in [1.54, 1.807) is 7.11 Å². The summed E-state index contributed by atoms with van der Waals surface area (Å²) in [6.07, 6.45) is 9.49. The Hall–Kier alpha value is -3.01. The minimum atomic E-state index is -0.501. The van der Waals surface area contributed by atoms with Crippen LogP contribution in [0.15, 0.2) is 36.4 Å². The van der Waals surface area contributed by atoms with Gasteiger partial charge in [0.1, 0.15) is 5.75 Å². The van der Waals surface area contributed by atoms with Crippen molar-refractivity contribution in [2.75, 3.05) is 55.4 Å². The molecule has 3 fully saturated rings. The van der Waals surface area contributed by atoms with E-state index < -0.39 is 5.41 Å². The molecular weight excluding hydrogens is 607 g/mol. The number of hydrogen-bond acceptors (Lipinski definition) is 6. The summed E-state index contributed by atoms with van der Waals surface area (Å²) in [6.45, 7) is 4.62. The molecule has 0 radical (unpaired) electrons. The smallest absolute Gasteiger partial charge is 0.262 e. The normalized spacial score (nSPS) is 23.7. The molecular formula is C38H53N5O3S. The third-order valence-corrected chi connectivity index (χ3v) is 11.4. The van der Waals surface area contributed by atoms with E-state index >= 15 is 0 Å². The molecule has 47 heavy (non-hydrogen) atoms. The number of methoxy groups -OCH3 is 1. The summed E-state index contributed by atoms with van der Waals surface area (Å²) in [5.41, 5.74) is 6.36. The molecule has 2 aromatic carbocycles. The quantitative estimate of drug-likeness (QED) is 0.284. The maximum Gasteiger partial charge on any atom is 0.262 e. The molecule has 3 atom stereocenters. The summed E-state index contributed by atoms with van der Waals surface area (Å²) in [5.74, 6) is 1.88. The second-order valence-corrected chi connectivity index (χ2v) is 15.8. The lowest BCUT2D eigenvalue weighted by atomic mass is 9.81. The van der Waals surface area contributed by atoms with Crippen LogP contribution >= 0.6 is 12.1 Å². The van der Waals surface area contributed by atoms with Crippen LogP contribution in [0.3, 0.4) is 0 Å². The Morgan fingerprint density at radius 1 is 0.936 bits per heavy atom. The second-order valence-electron chi connectivity index (χ2n) is 14.7. The molecule has 3 heterocycles. The van der Waals surface area contributed by atoms with Crippen LogP contribution in [0, 0.1) is 11.3 Å². The predicted octanol–water partition coefficient (Wildman–Crippen LogP) is 7.14. The van der Waals surface area contributed by atoms with Crippen LogP contribution in [0.25, 0.3) is 22.2 Å². The molecule has 3 aromatic rings. The van der Waals surface area contributed by atoms with E-state index in [9.17, 15) is 9.59 Å². The molecule has 1 N–H and O–H groups in total. The monoisotopic (exact) mass is 659 g/mol. The number of ether oxygens (including phenoxy) is 1. The summed E-state index contributed by atoms with van der Waals surface area (Å²) in [7, 11) is 11.6. The van der Waals surface area contributed by atoms with Crippen LogP contribution in [-0.2, 0) is 11.3 Å². The Morgan fingerprint density at radius 3 is 2.28 bits per heavy atom. The molecule has 2 aliphatic carbocycles. The zero-order valence-corrected chi connectivity index (χ0v) is 30.2. The first-order valence-corrected chi connectivity index (χ1v) is 18.2. The second kappa shape index (κ2) is 13.8. The van der Waals surface area contributed by atoms with Crippen LogP contribution in [0.1, 0.15) is 91.6 Å². The molecule has 1 aromatic heterocycles. The number of piperidine rings is 1. The van der Waals surface area contributed by atoms with Crippen LogP contribution in [-0.4, -0.2) is 85.9 Å². The van der Waals surface area contributed by atoms with Crippen molar-refractivity contribution in [2.24, 2.45) is 11.3 Å². The molecule has 254 valence electrons. The minimum absolute atomic E-state index is 0.106. The highest BCUT2D eigenvalue weighted by Crippen LogP contribution is 2.70. The maximum atomic E-state index is 14.6. The zero-order chi connectivity index (χ0) is 33.5. The number of rotatable bonds is 6. The fraction of sp³-hybridized carbons (Fsp3) is 0.579. The van der Waals surface area contributed by atoms with Crippen LogP contribution in [0.5, 0.6) is 5.75 Å². The standard InChI is InChI=1S/C35H44N4O3S.C3H9N/c1-22-31-28-20-25(42-4)14-16-26(28)32-30(23-11-7-5-8-12-23)27-15-13-24(33(40)36-43-37(2)3)19-29(27)39(32)21-35(22,31)34(41)38-17-9-6-10-18-38;1-4(2)3/h13-16,19-20,22-23,31H,5-12,17-18,21H2,1-4H3,(H,36,40);1-3H3/t22-,31?,35+;/m0./s1. The summed E-state index contributed by atoms with van der Waals surface area (Å²) < 4.78 is 13.0. The molecule has 2 amide bonds. The molecule has 0 bridgehead atoms. The van der Waals surface area contributed by atoms with E-state index in [2.05, 4.69) is 51.4 Å². The van der Waals surface area contributed by atoms with Crippen molar-refractivity contribution >= 4 is 34.9 Å². The Kier molecular flexibility index (Phi) is 9.98. The van der Waals surface area contributed by atoms with Gasteiger partial charge in [-0.15, -0.1) is 0 Å². The SMILES string of the molecule is CN(C)C.COc1ccc2c(c1)C1[C@H](C)[C@]1(C(=O)N1CCCCC1)Cn1c-2c(C2CCCCC2)c2ccc(C(=O)NSN(C)C)cc21. The lowest BCUT2D eigenvalue weighted by Crippen LogP contribution is -2.43. The van der Waals surface area contributed by atoms with Crippen LogP contribution < -0.4 is 9.46 Å². The molecule has 0 spiro atoms. The van der Waals surface area contributed by atoms with Crippen molar-refractivity contribution in [1.82, 2.24) is 23.4 Å². The first-order valence-electron chi connectivity index (χ1n) is 17.5. The summed E-state index contributed by atoms with van der Waals surface area (Å²) in [6, 6.07) is 12.7. The van der Waals surface area contributed by atoms with E-state index in [-0.39, 0.29) is 17.7 Å². The Labute approximate surface area is 285 Å². The molecule has 8 nitrogen and oxygen atoms in total. The number of aromatic nitrogens is 1. The van der Waals surface area contributed by atoms with Gasteiger partial charge in [-0.25, -0.2) is 4.31 Å². The van der Waals surface area contributed by atoms with Crippen molar-refractivity contribution < 1.29 is 14.3 Å². The average Bonchev–Trinajstić information content (AvgIpc) is 3.58. The summed E-state index contributed by atoms with van der Waals surface area (Å²) in [4.78, 5) is 32.0. The number of hydrogen-bond donors (Lipinski definition) is 1. The third-order valence-electron chi connectivity index (χ3n) is 10.8. The number of likely N-dealkylation sites (tertiary alicyclic amines) is 1. The van der Waals surface area contributed by atoms with Gasteiger partial charge in [0.25, 0.3) is 5.91 Å². The largest absolute Gasteiger partial charge is 0.497 e. The Morgan fingerprint density at radius 2 is 1.62 bits per heavy atom. The van der Waals surface area contributed by atoms with E-state index in [1.807, 2.05) is 50.5 Å². The average molecular weight is 660 g/mol. The lowest BCUT2D eigenvalue weighted by molar-refractivity contribution is -0.139. The number of benzene rings is 2. The molecule has 1 unspecified atom stereocenters. The maximum absolute atomic E-state index is 14.6. The minimum Gasteiger partial charge on any atom is -0.497 e. The van der Waals surface area contributed by atoms with Gasteiger partial charge in [0, 0.05) is 59.7 Å². The number of nitrogens with zero attached hydrogens (tertiary/aromatic N) is 4. The number of amides is 2. The number of carbonyl (C=O) groups is 2. The third kappa shape index (κ3) is 6.31. The van der Waals surface area contributed by atoms with Crippen LogP contribution in [0.2, 0.25) is 0 Å². The van der Waals surface area contributed by atoms with Crippen molar-refractivity contribution in [2.45, 2.75) is 76.7 Å². The van der Waals surface area contributed by atoms with E-state index in [1.165, 1.54) is 78.4 Å². The van der Waals surface area contributed by atoms with Crippen LogP contribution in [0.4, 0.5) is 0 Å². The lowest BCUT2D eigenvalue weighted by Gasteiger charge is -2.32. The van der Waals surface area contributed by atoms with Gasteiger partial charge in [-0.1, -0.05) is 32.3 Å². The van der Waals surface area contributed by atoms with Gasteiger partial charge < -0.3 is 19.1 Å². The van der Waals surface area contributed by atoms with Crippen molar-refractivity contribution in [3.05, 3.63) is 53.1 Å². The van der Waals surface area contributed by atoms with Gasteiger partial charge in [0.05, 0.1) is 18.2 Å². The van der Waals surface area contributed by atoms with Gasteiger partial charge in [0.15, 0.2) is 0 Å².